The second kappa shape index (κ2) is 13.3. The maximum Gasteiger partial charge on any atom is 0.0921 e. The van der Waals surface area contributed by atoms with Crippen molar-refractivity contribution in [2.75, 3.05) is 0 Å². The number of nitrogens with one attached hydrogen (secondary N) is 1. The normalized spacial score (nSPS) is 34.1. The van der Waals surface area contributed by atoms with E-state index in [0.29, 0.717) is 5.41 Å². The fourth-order valence-corrected chi connectivity index (χ4v) is 12.0. The summed E-state index contributed by atoms with van der Waals surface area (Å²) in [5.74, 6) is 6.00. The van der Waals surface area contributed by atoms with E-state index in [1.54, 1.807) is 32.0 Å². The SMILES string of the molecule is CCCC[C@@H](CCCC1C(CC)CC[C@H]2C3(CCCCC(C)C)CCC1[C@]23C)SSCc1cnc[nH]1. The average molecular weight is 533 g/mol. The lowest BCUT2D eigenvalue weighted by molar-refractivity contribution is 0.146. The zero-order valence-electron chi connectivity index (χ0n) is 24.2. The molecular weight excluding hydrogens is 477 g/mol. The highest BCUT2D eigenvalue weighted by atomic mass is 33.1. The van der Waals surface area contributed by atoms with E-state index in [1.165, 1.54) is 76.3 Å². The summed E-state index contributed by atoms with van der Waals surface area (Å²) < 4.78 is 0. The number of nitrogens with zero attached hydrogens (tertiary/aromatic N) is 1. The van der Waals surface area contributed by atoms with Crippen LogP contribution in [-0.4, -0.2) is 15.2 Å². The first-order chi connectivity index (χ1) is 17.5. The maximum atomic E-state index is 4.18. The van der Waals surface area contributed by atoms with Gasteiger partial charge in [-0.15, -0.1) is 0 Å². The molecule has 3 aliphatic rings. The number of H-pyrrole nitrogens is 1. The number of hydrogen-bond acceptors (Lipinski definition) is 3. The van der Waals surface area contributed by atoms with Gasteiger partial charge in [0.1, 0.15) is 0 Å². The molecule has 0 aliphatic heterocycles. The molecule has 206 valence electrons. The van der Waals surface area contributed by atoms with Gasteiger partial charge in [-0.2, -0.15) is 0 Å². The third kappa shape index (κ3) is 6.21. The first kappa shape index (κ1) is 28.9. The number of hydrogen-bond donors (Lipinski definition) is 1. The smallest absolute Gasteiger partial charge is 0.0921 e. The lowest BCUT2D eigenvalue weighted by Gasteiger charge is -2.35. The van der Waals surface area contributed by atoms with E-state index in [1.807, 2.05) is 17.0 Å². The van der Waals surface area contributed by atoms with Crippen LogP contribution in [0.5, 0.6) is 0 Å². The van der Waals surface area contributed by atoms with Gasteiger partial charge in [0.25, 0.3) is 0 Å². The van der Waals surface area contributed by atoms with Crippen LogP contribution in [0.1, 0.15) is 137 Å². The Morgan fingerprint density at radius 3 is 2.61 bits per heavy atom. The van der Waals surface area contributed by atoms with Crippen LogP contribution in [0.15, 0.2) is 12.5 Å². The van der Waals surface area contributed by atoms with Crippen LogP contribution in [0.4, 0.5) is 0 Å². The molecule has 0 saturated heterocycles. The fraction of sp³-hybridized carbons (Fsp3) is 0.906. The molecule has 0 spiro atoms. The second-order valence-corrected chi connectivity index (χ2v) is 16.0. The molecule has 1 N–H and O–H groups in total. The van der Waals surface area contributed by atoms with Crippen molar-refractivity contribution in [1.29, 1.82) is 0 Å². The van der Waals surface area contributed by atoms with Gasteiger partial charge >= 0.3 is 0 Å². The molecule has 7 atom stereocenters. The summed E-state index contributed by atoms with van der Waals surface area (Å²) in [4.78, 5) is 7.44. The highest BCUT2D eigenvalue weighted by Crippen LogP contribution is 2.85. The summed E-state index contributed by atoms with van der Waals surface area (Å²) in [5.41, 5.74) is 2.69. The van der Waals surface area contributed by atoms with Crippen molar-refractivity contribution in [1.82, 2.24) is 9.97 Å². The molecule has 36 heavy (non-hydrogen) atoms. The number of unbranched alkanes of at least 4 members (excludes halogenated alkanes) is 2. The Morgan fingerprint density at radius 2 is 1.89 bits per heavy atom. The van der Waals surface area contributed by atoms with E-state index in [0.717, 1.165) is 46.0 Å². The van der Waals surface area contributed by atoms with Gasteiger partial charge in [0.15, 0.2) is 0 Å². The van der Waals surface area contributed by atoms with E-state index >= 15 is 0 Å². The Hall–Kier alpha value is -0.0900. The van der Waals surface area contributed by atoms with Crippen molar-refractivity contribution >= 4 is 21.6 Å². The summed E-state index contributed by atoms with van der Waals surface area (Å²) in [7, 11) is 4.20. The topological polar surface area (TPSA) is 28.7 Å². The third-order valence-corrected chi connectivity index (χ3v) is 14.0. The standard InChI is InChI=1S/C32H56N2S2/c1-6-8-13-27(36-35-22-26-21-33-23-34-26)14-11-15-28-25(7-2)16-17-30-31(5)29(28)18-20-32(30,31)19-10-9-12-24(3)4/h21,23-25,27-30H,6-20,22H2,1-5H3,(H,33,34)/t25?,27-,28?,29?,30+,31+,32?/m0/s1. The van der Waals surface area contributed by atoms with Crippen LogP contribution >= 0.6 is 21.6 Å². The van der Waals surface area contributed by atoms with Gasteiger partial charge in [-0.3, -0.25) is 0 Å². The summed E-state index contributed by atoms with van der Waals surface area (Å²) in [6, 6.07) is 0. The highest BCUT2D eigenvalue weighted by Gasteiger charge is 2.78. The minimum atomic E-state index is 0.690. The highest BCUT2D eigenvalue weighted by molar-refractivity contribution is 8.76. The number of imidazole rings is 1. The van der Waals surface area contributed by atoms with Gasteiger partial charge < -0.3 is 4.98 Å². The molecule has 0 aromatic carbocycles. The van der Waals surface area contributed by atoms with Crippen molar-refractivity contribution in [3.05, 3.63) is 18.2 Å². The summed E-state index contributed by atoms with van der Waals surface area (Å²) in [6.45, 7) is 12.4. The predicted octanol–water partition coefficient (Wildman–Crippen LogP) is 10.7. The lowest BCUT2D eigenvalue weighted by atomic mass is 9.71. The Balaban J connectivity index is 1.31. The molecule has 0 radical (unpaired) electrons. The van der Waals surface area contributed by atoms with Crippen LogP contribution in [0.3, 0.4) is 0 Å². The summed E-state index contributed by atoms with van der Waals surface area (Å²) in [5, 5.41) is 0.816. The molecule has 3 aliphatic carbocycles. The van der Waals surface area contributed by atoms with Crippen molar-refractivity contribution in [2.45, 2.75) is 142 Å². The average Bonchev–Trinajstić information content (AvgIpc) is 3.21. The zero-order chi connectivity index (χ0) is 25.6. The van der Waals surface area contributed by atoms with Gasteiger partial charge in [0, 0.05) is 22.9 Å². The minimum Gasteiger partial charge on any atom is -0.348 e. The maximum absolute atomic E-state index is 4.18. The van der Waals surface area contributed by atoms with Gasteiger partial charge in [0.2, 0.25) is 0 Å². The lowest BCUT2D eigenvalue weighted by Crippen LogP contribution is -2.27. The van der Waals surface area contributed by atoms with Gasteiger partial charge in [0.05, 0.1) is 6.33 Å². The molecule has 3 fully saturated rings. The molecule has 2 nitrogen and oxygen atoms in total. The molecule has 4 heteroatoms. The van der Waals surface area contributed by atoms with Gasteiger partial charge in [-0.1, -0.05) is 101 Å². The number of aromatic amines is 1. The summed E-state index contributed by atoms with van der Waals surface area (Å²) in [6.07, 6.45) is 25.8. The Kier molecular flexibility index (Phi) is 10.7. The van der Waals surface area contributed by atoms with E-state index in [-0.39, 0.29) is 0 Å². The van der Waals surface area contributed by atoms with Crippen LogP contribution in [0, 0.1) is 40.4 Å². The van der Waals surface area contributed by atoms with Gasteiger partial charge in [-0.25, -0.2) is 4.98 Å². The molecule has 1 aromatic rings. The van der Waals surface area contributed by atoms with Crippen LogP contribution in [-0.2, 0) is 5.75 Å². The third-order valence-electron chi connectivity index (χ3n) is 11.1. The van der Waals surface area contributed by atoms with E-state index < -0.39 is 0 Å². The van der Waals surface area contributed by atoms with E-state index in [2.05, 4.69) is 55.4 Å². The van der Waals surface area contributed by atoms with E-state index in [4.69, 9.17) is 0 Å². The molecule has 0 amide bonds. The van der Waals surface area contributed by atoms with Crippen molar-refractivity contribution in [3.63, 3.8) is 0 Å². The summed E-state index contributed by atoms with van der Waals surface area (Å²) >= 11 is 0. The number of rotatable bonds is 17. The second-order valence-electron chi connectivity index (χ2n) is 13.3. The first-order valence-electron chi connectivity index (χ1n) is 15.7. The first-order valence-corrected chi connectivity index (χ1v) is 18.1. The Bertz CT molecular complexity index is 764. The molecule has 1 heterocycles. The quantitative estimate of drug-likeness (QED) is 0.160. The van der Waals surface area contributed by atoms with Crippen LogP contribution in [0.25, 0.3) is 0 Å². The monoisotopic (exact) mass is 532 g/mol. The van der Waals surface area contributed by atoms with Crippen LogP contribution < -0.4 is 0 Å². The predicted molar refractivity (Wildman–Crippen MR) is 161 cm³/mol. The zero-order valence-corrected chi connectivity index (χ0v) is 25.8. The Labute approximate surface area is 231 Å². The Morgan fingerprint density at radius 1 is 1.06 bits per heavy atom. The van der Waals surface area contributed by atoms with Crippen molar-refractivity contribution < 1.29 is 0 Å². The molecule has 3 saturated carbocycles. The van der Waals surface area contributed by atoms with Gasteiger partial charge in [-0.05, 0) is 91.8 Å². The molecule has 0 bridgehead atoms. The fourth-order valence-electron chi connectivity index (χ4n) is 9.16. The number of fused-ring (bicyclic) bond motifs is 1. The van der Waals surface area contributed by atoms with Crippen molar-refractivity contribution in [3.8, 4) is 0 Å². The number of aromatic nitrogens is 2. The van der Waals surface area contributed by atoms with Crippen molar-refractivity contribution in [2.24, 2.45) is 40.4 Å². The molecule has 4 rings (SSSR count). The minimum absolute atomic E-state index is 0.690. The molecular formula is C32H56N2S2. The largest absolute Gasteiger partial charge is 0.348 e. The molecule has 4 unspecified atom stereocenters. The van der Waals surface area contributed by atoms with E-state index in [9.17, 15) is 0 Å². The van der Waals surface area contributed by atoms with Crippen LogP contribution in [0.2, 0.25) is 0 Å². The molecule has 1 aromatic heterocycles.